The van der Waals surface area contributed by atoms with Gasteiger partial charge in [0.05, 0.1) is 18.5 Å². The Hall–Kier alpha value is -1.90. The molecule has 1 saturated carbocycles. The second-order valence-corrected chi connectivity index (χ2v) is 9.24. The van der Waals surface area contributed by atoms with E-state index in [1.54, 1.807) is 0 Å². The topological polar surface area (TPSA) is 90.7 Å². The summed E-state index contributed by atoms with van der Waals surface area (Å²) in [6, 6.07) is 9.36. The van der Waals surface area contributed by atoms with Gasteiger partial charge in [-0.15, -0.1) is 0 Å². The molecule has 1 aliphatic heterocycles. The van der Waals surface area contributed by atoms with Crippen LogP contribution in [-0.4, -0.2) is 44.7 Å². The Balaban J connectivity index is 1.36. The summed E-state index contributed by atoms with van der Waals surface area (Å²) in [5.74, 6) is 1.49. The van der Waals surface area contributed by atoms with E-state index in [1.807, 2.05) is 37.3 Å². The molecular weight excluding hydrogens is 368 g/mol. The number of hydrogen-bond acceptors (Lipinski definition) is 6. The minimum absolute atomic E-state index is 0.00913. The van der Waals surface area contributed by atoms with Gasteiger partial charge in [-0.25, -0.2) is 13.1 Å². The number of aryl methyl sites for hydroxylation is 1. The molecule has 0 spiro atoms. The first-order valence-corrected chi connectivity index (χ1v) is 10.8. The van der Waals surface area contributed by atoms with Crippen LogP contribution in [0.4, 0.5) is 0 Å². The second kappa shape index (κ2) is 7.61. The van der Waals surface area contributed by atoms with E-state index in [9.17, 15) is 8.42 Å². The van der Waals surface area contributed by atoms with Crippen LogP contribution in [-0.2, 0) is 14.8 Å². The van der Waals surface area contributed by atoms with Gasteiger partial charge in [-0.3, -0.25) is 0 Å². The number of rotatable bonds is 7. The minimum atomic E-state index is -3.21. The van der Waals surface area contributed by atoms with Crippen LogP contribution in [0.1, 0.15) is 25.0 Å². The molecule has 2 heterocycles. The van der Waals surface area contributed by atoms with E-state index in [2.05, 4.69) is 9.88 Å². The van der Waals surface area contributed by atoms with Gasteiger partial charge in [-0.05, 0) is 50.5 Å². The summed E-state index contributed by atoms with van der Waals surface area (Å²) in [5, 5.41) is 3.79. The van der Waals surface area contributed by atoms with E-state index in [4.69, 9.17) is 14.0 Å². The third kappa shape index (κ3) is 4.51. The molecule has 0 unspecified atom stereocenters. The fourth-order valence-corrected chi connectivity index (χ4v) is 4.91. The predicted octanol–water partition coefficient (Wildman–Crippen LogP) is 2.52. The normalized spacial score (nSPS) is 23.3. The maximum atomic E-state index is 12.2. The molecule has 1 aliphatic carbocycles. The third-order valence-electron chi connectivity index (χ3n) is 5.00. The average molecular weight is 392 g/mol. The number of nitrogens with one attached hydrogen (secondary N) is 1. The Bertz CT molecular complexity index is 874. The number of ether oxygens (including phenoxy) is 2. The highest BCUT2D eigenvalue weighted by molar-refractivity contribution is 7.90. The van der Waals surface area contributed by atoms with E-state index in [0.717, 1.165) is 35.6 Å². The molecule has 2 atom stereocenters. The summed E-state index contributed by atoms with van der Waals surface area (Å²) in [4.78, 5) is 0. The maximum Gasteiger partial charge on any atom is 0.214 e. The molecule has 1 saturated heterocycles. The van der Waals surface area contributed by atoms with Gasteiger partial charge >= 0.3 is 0 Å². The first kappa shape index (κ1) is 18.5. The number of nitrogens with zero attached hydrogens (tertiary/aromatic N) is 1. The van der Waals surface area contributed by atoms with Gasteiger partial charge in [0.25, 0.3) is 0 Å². The van der Waals surface area contributed by atoms with Crippen LogP contribution in [0.2, 0.25) is 0 Å². The fourth-order valence-electron chi connectivity index (χ4n) is 3.23. The summed E-state index contributed by atoms with van der Waals surface area (Å²) < 4.78 is 43.9. The number of aromatic nitrogens is 1. The Labute approximate surface area is 159 Å². The van der Waals surface area contributed by atoms with Gasteiger partial charge in [0.2, 0.25) is 10.0 Å². The molecule has 0 amide bonds. The minimum Gasteiger partial charge on any atom is -0.493 e. The van der Waals surface area contributed by atoms with Crippen molar-refractivity contribution in [1.82, 2.24) is 9.88 Å². The molecule has 7 nitrogen and oxygen atoms in total. The largest absolute Gasteiger partial charge is 0.493 e. The first-order valence-electron chi connectivity index (χ1n) is 9.27. The number of sulfonamides is 1. The SMILES string of the molecule is Cc1cc(-c2ccc(OC[C@H]3COCC[C@@H]3NS(=O)(=O)C3CC3)cc2)no1. The van der Waals surface area contributed by atoms with E-state index >= 15 is 0 Å². The lowest BCUT2D eigenvalue weighted by Gasteiger charge is -2.31. The van der Waals surface area contributed by atoms with Crippen LogP contribution in [0, 0.1) is 12.8 Å². The smallest absolute Gasteiger partial charge is 0.214 e. The van der Waals surface area contributed by atoms with Crippen molar-refractivity contribution in [2.75, 3.05) is 19.8 Å². The Morgan fingerprint density at radius 1 is 1.22 bits per heavy atom. The summed E-state index contributed by atoms with van der Waals surface area (Å²) in [6.07, 6.45) is 2.19. The summed E-state index contributed by atoms with van der Waals surface area (Å²) >= 11 is 0. The summed E-state index contributed by atoms with van der Waals surface area (Å²) in [6.45, 7) is 3.32. The van der Waals surface area contributed by atoms with E-state index in [1.165, 1.54) is 0 Å². The van der Waals surface area contributed by atoms with Gasteiger partial charge in [0.1, 0.15) is 17.2 Å². The molecule has 1 N–H and O–H groups in total. The van der Waals surface area contributed by atoms with Crippen molar-refractivity contribution >= 4 is 10.0 Å². The van der Waals surface area contributed by atoms with Gasteiger partial charge in [0.15, 0.2) is 0 Å². The van der Waals surface area contributed by atoms with Crippen LogP contribution >= 0.6 is 0 Å². The lowest BCUT2D eigenvalue weighted by molar-refractivity contribution is 0.0186. The molecule has 0 bridgehead atoms. The molecule has 0 radical (unpaired) electrons. The molecule has 2 aliphatic rings. The molecule has 146 valence electrons. The maximum absolute atomic E-state index is 12.2. The highest BCUT2D eigenvalue weighted by atomic mass is 32.2. The third-order valence-corrected chi connectivity index (χ3v) is 6.98. The van der Waals surface area contributed by atoms with Crippen molar-refractivity contribution in [1.29, 1.82) is 0 Å². The quantitative estimate of drug-likeness (QED) is 0.779. The Morgan fingerprint density at radius 2 is 2.00 bits per heavy atom. The molecule has 27 heavy (non-hydrogen) atoms. The fraction of sp³-hybridized carbons (Fsp3) is 0.526. The second-order valence-electron chi connectivity index (χ2n) is 7.25. The Morgan fingerprint density at radius 3 is 2.67 bits per heavy atom. The van der Waals surface area contributed by atoms with Crippen molar-refractivity contribution in [3.8, 4) is 17.0 Å². The molecule has 8 heteroatoms. The monoisotopic (exact) mass is 392 g/mol. The van der Waals surface area contributed by atoms with Gasteiger partial charge in [-0.2, -0.15) is 0 Å². The lowest BCUT2D eigenvalue weighted by atomic mass is 9.98. The zero-order chi connectivity index (χ0) is 18.9. The van der Waals surface area contributed by atoms with Crippen LogP contribution < -0.4 is 9.46 Å². The highest BCUT2D eigenvalue weighted by Crippen LogP contribution is 2.29. The summed E-state index contributed by atoms with van der Waals surface area (Å²) in [7, 11) is -3.21. The molecule has 1 aromatic carbocycles. The highest BCUT2D eigenvalue weighted by Gasteiger charge is 2.39. The van der Waals surface area contributed by atoms with E-state index in [0.29, 0.717) is 26.2 Å². The van der Waals surface area contributed by atoms with Gasteiger partial charge < -0.3 is 14.0 Å². The van der Waals surface area contributed by atoms with Crippen LogP contribution in [0.25, 0.3) is 11.3 Å². The Kier molecular flexibility index (Phi) is 5.21. The van der Waals surface area contributed by atoms with Crippen molar-refractivity contribution in [3.05, 3.63) is 36.1 Å². The van der Waals surface area contributed by atoms with Crippen molar-refractivity contribution in [2.45, 2.75) is 37.5 Å². The number of benzene rings is 1. The molecule has 2 aromatic rings. The predicted molar refractivity (Wildman–Crippen MR) is 100.0 cm³/mol. The van der Waals surface area contributed by atoms with Crippen LogP contribution in [0.5, 0.6) is 5.75 Å². The molecular formula is C19H24N2O5S. The van der Waals surface area contributed by atoms with E-state index in [-0.39, 0.29) is 17.2 Å². The molecule has 2 fully saturated rings. The molecule has 4 rings (SSSR count). The lowest BCUT2D eigenvalue weighted by Crippen LogP contribution is -2.48. The van der Waals surface area contributed by atoms with Crippen LogP contribution in [0.15, 0.2) is 34.9 Å². The van der Waals surface area contributed by atoms with Crippen molar-refractivity contribution in [2.24, 2.45) is 5.92 Å². The zero-order valence-corrected chi connectivity index (χ0v) is 16.1. The van der Waals surface area contributed by atoms with E-state index < -0.39 is 10.0 Å². The summed E-state index contributed by atoms with van der Waals surface area (Å²) in [5.41, 5.74) is 1.74. The number of hydrogen-bond donors (Lipinski definition) is 1. The van der Waals surface area contributed by atoms with Crippen LogP contribution in [0.3, 0.4) is 0 Å². The van der Waals surface area contributed by atoms with Crippen molar-refractivity contribution in [3.63, 3.8) is 0 Å². The standard InChI is InChI=1S/C19H24N2O5S/c1-13-10-19(20-26-13)14-2-4-16(5-3-14)25-12-15-11-24-9-8-18(15)21-27(22,23)17-6-7-17/h2-5,10,15,17-18,21H,6-9,11-12H2,1H3/t15-,18+/m1/s1. The van der Waals surface area contributed by atoms with Gasteiger partial charge in [0, 0.05) is 30.2 Å². The van der Waals surface area contributed by atoms with Gasteiger partial charge in [-0.1, -0.05) is 5.16 Å². The molecule has 1 aromatic heterocycles. The zero-order valence-electron chi connectivity index (χ0n) is 15.3. The first-order chi connectivity index (χ1) is 13.0. The average Bonchev–Trinajstić information content (AvgIpc) is 3.44. The van der Waals surface area contributed by atoms with Crippen molar-refractivity contribution < 1.29 is 22.4 Å².